The highest BCUT2D eigenvalue weighted by Gasteiger charge is 2.28. The molecule has 2 aliphatic heterocycles. The van der Waals surface area contributed by atoms with Crippen LogP contribution >= 0.6 is 0 Å². The van der Waals surface area contributed by atoms with Gasteiger partial charge in [-0.15, -0.1) is 0 Å². The van der Waals surface area contributed by atoms with E-state index in [0.717, 1.165) is 95.2 Å². The number of likely N-dealkylation sites (tertiary alicyclic amines) is 1. The van der Waals surface area contributed by atoms with E-state index in [1.54, 1.807) is 19.2 Å². The number of carbonyl (C=O) groups is 2. The Morgan fingerprint density at radius 2 is 1.35 bits per heavy atom. The monoisotopic (exact) mass is 692 g/mol. The van der Waals surface area contributed by atoms with Crippen molar-refractivity contribution in [3.8, 4) is 5.75 Å². The third kappa shape index (κ3) is 11.2. The molecular weight excluding hydrogens is 639 g/mol. The number of methoxy groups -OCH3 is 1. The molecule has 0 saturated carbocycles. The summed E-state index contributed by atoms with van der Waals surface area (Å²) >= 11 is 0. The normalized spacial score (nSPS) is 15.5. The van der Waals surface area contributed by atoms with Crippen molar-refractivity contribution in [2.45, 2.75) is 51.5 Å². The molecule has 2 aliphatic rings. The van der Waals surface area contributed by atoms with Gasteiger partial charge in [-0.25, -0.2) is 4.39 Å². The van der Waals surface area contributed by atoms with E-state index in [-0.39, 0.29) is 17.5 Å². The minimum Gasteiger partial charge on any atom is -0.495 e. The van der Waals surface area contributed by atoms with Crippen LogP contribution in [0.25, 0.3) is 0 Å². The van der Waals surface area contributed by atoms with E-state index in [1.807, 2.05) is 48.2 Å². The van der Waals surface area contributed by atoms with Gasteiger partial charge in [-0.1, -0.05) is 67.6 Å². The molecule has 4 aromatic carbocycles. The van der Waals surface area contributed by atoms with Gasteiger partial charge in [0.15, 0.2) is 5.78 Å². The van der Waals surface area contributed by atoms with Crippen LogP contribution in [0.1, 0.15) is 54.9 Å². The second-order valence-electron chi connectivity index (χ2n) is 13.3. The van der Waals surface area contributed by atoms with Gasteiger partial charge in [-0.05, 0) is 86.3 Å². The molecule has 8 heteroatoms. The van der Waals surface area contributed by atoms with Gasteiger partial charge in [0.25, 0.3) is 0 Å². The van der Waals surface area contributed by atoms with Crippen molar-refractivity contribution in [3.63, 3.8) is 0 Å². The number of nitrogens with zero attached hydrogens (tertiary/aromatic N) is 4. The molecule has 2 saturated heterocycles. The molecule has 4 aromatic rings. The molecule has 7 nitrogen and oxygen atoms in total. The summed E-state index contributed by atoms with van der Waals surface area (Å²) in [4.78, 5) is 34.0. The smallest absolute Gasteiger partial charge is 0.226 e. The maximum atomic E-state index is 12.9. The first-order chi connectivity index (χ1) is 24.9. The average Bonchev–Trinajstić information content (AvgIpc) is 3.19. The summed E-state index contributed by atoms with van der Waals surface area (Å²) in [6, 6.07) is 35.0. The lowest BCUT2D eigenvalue weighted by Gasteiger charge is -2.38. The number of rotatable bonds is 13. The largest absolute Gasteiger partial charge is 0.495 e. The lowest BCUT2D eigenvalue weighted by Crippen LogP contribution is -2.47. The van der Waals surface area contributed by atoms with Crippen molar-refractivity contribution in [1.29, 1.82) is 0 Å². The van der Waals surface area contributed by atoms with Gasteiger partial charge in [0.2, 0.25) is 5.91 Å². The highest BCUT2D eigenvalue weighted by atomic mass is 19.1. The van der Waals surface area contributed by atoms with Gasteiger partial charge in [-0.3, -0.25) is 14.5 Å². The standard InChI is InChI=1S/C22H28N2O.C21H25FN2O2/c1-2-22(25)24(20-11-7-4-8-12-20)21-14-17-23(18-15-21)16-13-19-9-5-3-6-10-19;1-26-21-7-3-2-5-19(21)24-15-13-23(14-16-24)12-4-6-20(25)17-8-10-18(22)11-9-17/h3-12,21H,2,13-18H2,1H3;2-3,5,7-11H,4,6,12-16H2,1H3. The maximum absolute atomic E-state index is 12.9. The van der Waals surface area contributed by atoms with Crippen LogP contribution in [0.2, 0.25) is 0 Å². The van der Waals surface area contributed by atoms with E-state index in [1.165, 1.54) is 17.7 Å². The molecule has 1 amide bonds. The molecule has 0 aromatic heterocycles. The van der Waals surface area contributed by atoms with Crippen molar-refractivity contribution in [1.82, 2.24) is 9.80 Å². The fraction of sp³-hybridized carbons (Fsp3) is 0.395. The minimum absolute atomic E-state index is 0.0812. The SMILES string of the molecule is CCC(=O)N(c1ccccc1)C1CCN(CCc2ccccc2)CC1.COc1ccccc1N1CCN(CCCC(=O)c2ccc(F)cc2)CC1. The van der Waals surface area contributed by atoms with Gasteiger partial charge in [0.05, 0.1) is 12.8 Å². The van der Waals surface area contributed by atoms with E-state index in [9.17, 15) is 14.0 Å². The zero-order valence-corrected chi connectivity index (χ0v) is 30.3. The molecular formula is C43H53FN4O3. The van der Waals surface area contributed by atoms with Crippen LogP contribution in [0.15, 0.2) is 109 Å². The lowest BCUT2D eigenvalue weighted by atomic mass is 10.0. The first kappa shape index (κ1) is 37.7. The van der Waals surface area contributed by atoms with Crippen molar-refractivity contribution in [2.24, 2.45) is 0 Å². The van der Waals surface area contributed by atoms with E-state index < -0.39 is 0 Å². The molecule has 0 aliphatic carbocycles. The molecule has 0 N–H and O–H groups in total. The van der Waals surface area contributed by atoms with Gasteiger partial charge >= 0.3 is 0 Å². The Labute approximate surface area is 303 Å². The number of benzene rings is 4. The fourth-order valence-corrected chi connectivity index (χ4v) is 7.00. The first-order valence-electron chi connectivity index (χ1n) is 18.5. The number of hydrogen-bond acceptors (Lipinski definition) is 6. The second kappa shape index (κ2) is 19.8. The zero-order chi connectivity index (χ0) is 35.8. The van der Waals surface area contributed by atoms with Crippen molar-refractivity contribution in [3.05, 3.63) is 126 Å². The highest BCUT2D eigenvalue weighted by molar-refractivity contribution is 5.96. The van der Waals surface area contributed by atoms with Gasteiger partial charge in [-0.2, -0.15) is 0 Å². The summed E-state index contributed by atoms with van der Waals surface area (Å²) < 4.78 is 18.4. The molecule has 51 heavy (non-hydrogen) atoms. The van der Waals surface area contributed by atoms with Crippen LogP contribution in [-0.2, 0) is 11.2 Å². The molecule has 0 spiro atoms. The lowest BCUT2D eigenvalue weighted by molar-refractivity contribution is -0.119. The van der Waals surface area contributed by atoms with E-state index in [4.69, 9.17) is 4.74 Å². The molecule has 6 rings (SSSR count). The number of ketones is 1. The molecule has 0 atom stereocenters. The van der Waals surface area contributed by atoms with E-state index in [2.05, 4.69) is 63.2 Å². The van der Waals surface area contributed by atoms with Gasteiger partial charge < -0.3 is 19.4 Å². The Balaban J connectivity index is 0.000000198. The van der Waals surface area contributed by atoms with Crippen molar-refractivity contribution >= 4 is 23.1 Å². The molecule has 0 unspecified atom stereocenters. The summed E-state index contributed by atoms with van der Waals surface area (Å²) in [5.41, 5.74) is 4.17. The van der Waals surface area contributed by atoms with Crippen molar-refractivity contribution in [2.75, 3.05) is 69.3 Å². The zero-order valence-electron chi connectivity index (χ0n) is 30.3. The Bertz CT molecular complexity index is 1620. The first-order valence-corrected chi connectivity index (χ1v) is 18.5. The van der Waals surface area contributed by atoms with Crippen LogP contribution in [0, 0.1) is 5.82 Å². The molecule has 2 fully saturated rings. The topological polar surface area (TPSA) is 56.3 Å². The highest BCUT2D eigenvalue weighted by Crippen LogP contribution is 2.28. The number of piperidine rings is 1. The number of Topliss-reactive ketones (excluding diaryl/α,β-unsaturated/α-hetero) is 1. The van der Waals surface area contributed by atoms with E-state index >= 15 is 0 Å². The van der Waals surface area contributed by atoms with Crippen LogP contribution in [0.5, 0.6) is 5.75 Å². The minimum atomic E-state index is -0.311. The molecule has 270 valence electrons. The Hall–Kier alpha value is -4.53. The molecule has 0 bridgehead atoms. The maximum Gasteiger partial charge on any atom is 0.226 e. The number of halogens is 1. The summed E-state index contributed by atoms with van der Waals surface area (Å²) in [7, 11) is 1.70. The summed E-state index contributed by atoms with van der Waals surface area (Å²) in [5, 5.41) is 0. The number of ether oxygens (including phenoxy) is 1. The average molecular weight is 693 g/mol. The predicted molar refractivity (Wildman–Crippen MR) is 205 cm³/mol. The number of amides is 1. The van der Waals surface area contributed by atoms with Crippen LogP contribution in [-0.4, -0.2) is 87.0 Å². The third-order valence-corrected chi connectivity index (χ3v) is 9.93. The molecule has 0 radical (unpaired) electrons. The molecule has 2 heterocycles. The number of para-hydroxylation sites is 3. The Kier molecular flexibility index (Phi) is 14.6. The van der Waals surface area contributed by atoms with Gasteiger partial charge in [0, 0.05) is 75.9 Å². The van der Waals surface area contributed by atoms with E-state index in [0.29, 0.717) is 24.4 Å². The number of hydrogen-bond donors (Lipinski definition) is 0. The van der Waals surface area contributed by atoms with Crippen LogP contribution in [0.3, 0.4) is 0 Å². The van der Waals surface area contributed by atoms with Crippen LogP contribution < -0.4 is 14.5 Å². The Morgan fingerprint density at radius 3 is 2.00 bits per heavy atom. The van der Waals surface area contributed by atoms with Crippen LogP contribution in [0.4, 0.5) is 15.8 Å². The summed E-state index contributed by atoms with van der Waals surface area (Å²) in [5.74, 6) is 0.909. The van der Waals surface area contributed by atoms with Crippen molar-refractivity contribution < 1.29 is 18.7 Å². The quantitative estimate of drug-likeness (QED) is 0.134. The fourth-order valence-electron chi connectivity index (χ4n) is 7.00. The number of piperazine rings is 1. The van der Waals surface area contributed by atoms with Gasteiger partial charge in [0.1, 0.15) is 11.6 Å². The second-order valence-corrected chi connectivity index (χ2v) is 13.3. The number of carbonyl (C=O) groups excluding carboxylic acids is 2. The summed E-state index contributed by atoms with van der Waals surface area (Å²) in [6.45, 7) is 9.95. The number of anilines is 2. The third-order valence-electron chi connectivity index (χ3n) is 9.93. The predicted octanol–water partition coefficient (Wildman–Crippen LogP) is 7.76. The Morgan fingerprint density at radius 1 is 0.745 bits per heavy atom. The summed E-state index contributed by atoms with van der Waals surface area (Å²) in [6.07, 6.45) is 5.08.